The van der Waals surface area contributed by atoms with Crippen LogP contribution in [0.2, 0.25) is 5.02 Å². The number of rotatable bonds is 6. The van der Waals surface area contributed by atoms with Gasteiger partial charge >= 0.3 is 0 Å². The summed E-state index contributed by atoms with van der Waals surface area (Å²) >= 11 is 7.43. The number of sulfonamides is 1. The molecule has 2 aliphatic rings. The van der Waals surface area contributed by atoms with Crippen LogP contribution in [0, 0.1) is 12.8 Å². The lowest BCUT2D eigenvalue weighted by Crippen LogP contribution is -2.48. The van der Waals surface area contributed by atoms with Crippen LogP contribution in [0.15, 0.2) is 47.4 Å². The van der Waals surface area contributed by atoms with E-state index in [0.29, 0.717) is 42.7 Å². The van der Waals surface area contributed by atoms with Crippen LogP contribution in [0.25, 0.3) is 10.2 Å². The van der Waals surface area contributed by atoms with Crippen LogP contribution in [0.5, 0.6) is 0 Å². The van der Waals surface area contributed by atoms with E-state index >= 15 is 0 Å². The maximum absolute atomic E-state index is 13.9. The molecular formula is C25H28ClN3O4S2. The SMILES string of the molecule is Cc1cccc2sc(N(CC3CCCO3)C(=O)C3CCCN(S(=O)(=O)c4ccc(Cl)cc4)C3)nc12. The zero-order valence-corrected chi connectivity index (χ0v) is 21.9. The molecule has 7 nitrogen and oxygen atoms in total. The molecule has 3 heterocycles. The number of hydrogen-bond acceptors (Lipinski definition) is 6. The molecule has 0 bridgehead atoms. The van der Waals surface area contributed by atoms with Crippen LogP contribution >= 0.6 is 22.9 Å². The van der Waals surface area contributed by atoms with E-state index in [2.05, 4.69) is 0 Å². The molecule has 0 N–H and O–H groups in total. The Bertz CT molecular complexity index is 1320. The number of amides is 1. The second-order valence-electron chi connectivity index (χ2n) is 9.16. The number of piperidine rings is 1. The Hall–Kier alpha value is -2.04. The normalized spacial score (nSPS) is 21.4. The number of fused-ring (bicyclic) bond motifs is 1. The van der Waals surface area contributed by atoms with Gasteiger partial charge in [0, 0.05) is 24.7 Å². The van der Waals surface area contributed by atoms with Gasteiger partial charge in [0.2, 0.25) is 15.9 Å². The lowest BCUT2D eigenvalue weighted by atomic mass is 9.98. The molecule has 5 rings (SSSR count). The van der Waals surface area contributed by atoms with Gasteiger partial charge in [-0.25, -0.2) is 13.4 Å². The third kappa shape index (κ3) is 5.11. The Kier molecular flexibility index (Phi) is 7.14. The van der Waals surface area contributed by atoms with Crippen molar-refractivity contribution in [3.05, 3.63) is 53.1 Å². The van der Waals surface area contributed by atoms with Gasteiger partial charge in [-0.05, 0) is 68.5 Å². The highest BCUT2D eigenvalue weighted by molar-refractivity contribution is 7.89. The number of carbonyl (C=O) groups excluding carboxylic acids is 1. The molecule has 0 saturated carbocycles. The van der Waals surface area contributed by atoms with Crippen LogP contribution in [0.1, 0.15) is 31.2 Å². The van der Waals surface area contributed by atoms with E-state index in [-0.39, 0.29) is 23.5 Å². The quantitative estimate of drug-likeness (QED) is 0.451. The first kappa shape index (κ1) is 24.6. The fourth-order valence-corrected chi connectivity index (χ4v) is 7.49. The predicted molar refractivity (Wildman–Crippen MR) is 139 cm³/mol. The Morgan fingerprint density at radius 2 is 2.00 bits per heavy atom. The maximum atomic E-state index is 13.9. The van der Waals surface area contributed by atoms with E-state index in [1.807, 2.05) is 25.1 Å². The summed E-state index contributed by atoms with van der Waals surface area (Å²) in [6.45, 7) is 3.68. The third-order valence-electron chi connectivity index (χ3n) is 6.70. The zero-order valence-electron chi connectivity index (χ0n) is 19.5. The third-order valence-corrected chi connectivity index (χ3v) is 9.88. The fourth-order valence-electron chi connectivity index (χ4n) is 4.78. The lowest BCUT2D eigenvalue weighted by Gasteiger charge is -2.34. The van der Waals surface area contributed by atoms with Gasteiger partial charge < -0.3 is 4.74 Å². The average Bonchev–Trinajstić information content (AvgIpc) is 3.53. The zero-order chi connectivity index (χ0) is 24.6. The van der Waals surface area contributed by atoms with Crippen LogP contribution < -0.4 is 4.90 Å². The molecule has 1 aromatic heterocycles. The molecule has 10 heteroatoms. The van der Waals surface area contributed by atoms with Crippen molar-refractivity contribution in [1.82, 2.24) is 9.29 Å². The molecule has 2 aliphatic heterocycles. The number of aromatic nitrogens is 1. The smallest absolute Gasteiger partial charge is 0.243 e. The average molecular weight is 534 g/mol. The summed E-state index contributed by atoms with van der Waals surface area (Å²) in [5.41, 5.74) is 1.96. The van der Waals surface area contributed by atoms with Crippen molar-refractivity contribution < 1.29 is 17.9 Å². The van der Waals surface area contributed by atoms with Crippen LogP contribution in [0.3, 0.4) is 0 Å². The number of nitrogens with zero attached hydrogens (tertiary/aromatic N) is 3. The highest BCUT2D eigenvalue weighted by Gasteiger charge is 2.37. The van der Waals surface area contributed by atoms with Gasteiger partial charge in [0.05, 0.1) is 33.7 Å². The number of aryl methyl sites for hydroxylation is 1. The fraction of sp³-hybridized carbons (Fsp3) is 0.440. The number of halogens is 1. The van der Waals surface area contributed by atoms with Gasteiger partial charge in [0.1, 0.15) is 0 Å². The van der Waals surface area contributed by atoms with Crippen molar-refractivity contribution in [1.29, 1.82) is 0 Å². The first-order chi connectivity index (χ1) is 16.8. The molecule has 0 aliphatic carbocycles. The minimum atomic E-state index is -3.72. The molecule has 1 amide bonds. The molecule has 0 radical (unpaired) electrons. The molecule has 35 heavy (non-hydrogen) atoms. The molecule has 2 fully saturated rings. The van der Waals surface area contributed by atoms with Crippen LogP contribution in [-0.2, 0) is 19.6 Å². The lowest BCUT2D eigenvalue weighted by molar-refractivity contribution is -0.123. The largest absolute Gasteiger partial charge is 0.376 e. The van der Waals surface area contributed by atoms with E-state index in [0.717, 1.165) is 28.6 Å². The minimum Gasteiger partial charge on any atom is -0.376 e. The first-order valence-corrected chi connectivity index (χ1v) is 14.5. The number of carbonyl (C=O) groups is 1. The number of hydrogen-bond donors (Lipinski definition) is 0. The summed E-state index contributed by atoms with van der Waals surface area (Å²) in [6, 6.07) is 12.2. The Balaban J connectivity index is 1.42. The van der Waals surface area contributed by atoms with E-state index in [9.17, 15) is 13.2 Å². The van der Waals surface area contributed by atoms with Gasteiger partial charge in [-0.15, -0.1) is 0 Å². The summed E-state index contributed by atoms with van der Waals surface area (Å²) in [6.07, 6.45) is 3.09. The topological polar surface area (TPSA) is 79.8 Å². The maximum Gasteiger partial charge on any atom is 0.243 e. The molecule has 2 unspecified atom stereocenters. The molecular weight excluding hydrogens is 506 g/mol. The van der Waals surface area contributed by atoms with Crippen molar-refractivity contribution in [3.8, 4) is 0 Å². The van der Waals surface area contributed by atoms with Crippen molar-refractivity contribution in [2.24, 2.45) is 5.92 Å². The summed E-state index contributed by atoms with van der Waals surface area (Å²) in [7, 11) is -3.72. The van der Waals surface area contributed by atoms with E-state index in [1.54, 1.807) is 17.0 Å². The van der Waals surface area contributed by atoms with E-state index in [4.69, 9.17) is 21.3 Å². The number of benzene rings is 2. The molecule has 3 aromatic rings. The van der Waals surface area contributed by atoms with Crippen molar-refractivity contribution in [2.45, 2.75) is 43.6 Å². The molecule has 2 saturated heterocycles. The molecule has 186 valence electrons. The number of anilines is 1. The number of para-hydroxylation sites is 1. The minimum absolute atomic E-state index is 0.0375. The second-order valence-corrected chi connectivity index (χ2v) is 12.5. The van der Waals surface area contributed by atoms with Gasteiger partial charge in [-0.2, -0.15) is 4.31 Å². The summed E-state index contributed by atoms with van der Waals surface area (Å²) in [4.78, 5) is 20.6. The molecule has 2 atom stereocenters. The monoisotopic (exact) mass is 533 g/mol. The Morgan fingerprint density at radius 3 is 2.71 bits per heavy atom. The highest BCUT2D eigenvalue weighted by atomic mass is 35.5. The molecule has 2 aromatic carbocycles. The van der Waals surface area contributed by atoms with Crippen molar-refractivity contribution in [2.75, 3.05) is 31.1 Å². The standard InChI is InChI=1S/C25H28ClN3O4S2/c1-17-5-2-8-22-23(17)27-25(34-22)29(16-20-7-4-14-33-20)24(30)18-6-3-13-28(15-18)35(31,32)21-11-9-19(26)10-12-21/h2,5,8-12,18,20H,3-4,6-7,13-16H2,1H3. The summed E-state index contributed by atoms with van der Waals surface area (Å²) in [5.74, 6) is -0.534. The molecule has 0 spiro atoms. The first-order valence-electron chi connectivity index (χ1n) is 11.9. The summed E-state index contributed by atoms with van der Waals surface area (Å²) in [5, 5.41) is 1.12. The Labute approximate surface area is 214 Å². The van der Waals surface area contributed by atoms with Gasteiger partial charge in [-0.1, -0.05) is 35.1 Å². The predicted octanol–water partition coefficient (Wildman–Crippen LogP) is 4.87. The number of thiazole rings is 1. The van der Waals surface area contributed by atoms with Crippen molar-refractivity contribution >= 4 is 54.2 Å². The van der Waals surface area contributed by atoms with E-state index in [1.165, 1.54) is 27.8 Å². The number of ether oxygens (including phenoxy) is 1. The second kappa shape index (κ2) is 10.1. The van der Waals surface area contributed by atoms with Crippen LogP contribution in [0.4, 0.5) is 5.13 Å². The van der Waals surface area contributed by atoms with Gasteiger partial charge in [-0.3, -0.25) is 9.69 Å². The van der Waals surface area contributed by atoms with Gasteiger partial charge in [0.25, 0.3) is 0 Å². The Morgan fingerprint density at radius 1 is 1.20 bits per heavy atom. The van der Waals surface area contributed by atoms with Crippen LogP contribution in [-0.4, -0.2) is 56.0 Å². The summed E-state index contributed by atoms with van der Waals surface area (Å²) < 4.78 is 34.8. The highest BCUT2D eigenvalue weighted by Crippen LogP contribution is 2.34. The van der Waals surface area contributed by atoms with Gasteiger partial charge in [0.15, 0.2) is 5.13 Å². The van der Waals surface area contributed by atoms with E-state index < -0.39 is 15.9 Å². The van der Waals surface area contributed by atoms with Crippen molar-refractivity contribution in [3.63, 3.8) is 0 Å².